The van der Waals surface area contributed by atoms with Gasteiger partial charge in [0.25, 0.3) is 0 Å². The molecule has 1 atom stereocenters. The lowest BCUT2D eigenvalue weighted by Gasteiger charge is -2.30. The lowest BCUT2D eigenvalue weighted by Crippen LogP contribution is -2.46. The van der Waals surface area contributed by atoms with E-state index in [1.54, 1.807) is 0 Å². The lowest BCUT2D eigenvalue weighted by atomic mass is 10.0. The first kappa shape index (κ1) is 15.7. The molecule has 1 N–H and O–H groups in total. The van der Waals surface area contributed by atoms with Crippen LogP contribution in [0.2, 0.25) is 0 Å². The Hall–Kier alpha value is -1.71. The predicted molar refractivity (Wildman–Crippen MR) is 84.4 cm³/mol. The van der Waals surface area contributed by atoms with Crippen molar-refractivity contribution < 1.29 is 9.53 Å². The maximum absolute atomic E-state index is 12.0. The van der Waals surface area contributed by atoms with Crippen LogP contribution in [-0.4, -0.2) is 30.8 Å². The van der Waals surface area contributed by atoms with Crippen LogP contribution in [0.3, 0.4) is 0 Å². The molecule has 1 unspecified atom stereocenters. The molecule has 1 aromatic rings. The molecule has 2 rings (SSSR count). The van der Waals surface area contributed by atoms with Crippen LogP contribution in [0.4, 0.5) is 4.79 Å². The van der Waals surface area contributed by atoms with Gasteiger partial charge in [-0.3, -0.25) is 0 Å². The van der Waals surface area contributed by atoms with Gasteiger partial charge in [0.1, 0.15) is 5.75 Å². The second kappa shape index (κ2) is 7.91. The number of hydrogen-bond acceptors (Lipinski definition) is 2. The van der Waals surface area contributed by atoms with Crippen molar-refractivity contribution in [3.8, 4) is 5.75 Å². The second-order valence-electron chi connectivity index (χ2n) is 5.86. The van der Waals surface area contributed by atoms with Gasteiger partial charge in [-0.1, -0.05) is 32.4 Å². The standard InChI is InChI=1S/C17H26N2O2/c1-3-5-15-7-9-16(10-8-15)21-13-18-17(20)19-11-4-6-14(2)12-19/h7-10,14H,3-6,11-13H2,1-2H3,(H,18,20). The summed E-state index contributed by atoms with van der Waals surface area (Å²) in [5.41, 5.74) is 1.32. The van der Waals surface area contributed by atoms with E-state index in [4.69, 9.17) is 4.74 Å². The average molecular weight is 290 g/mol. The zero-order chi connectivity index (χ0) is 15.1. The molecule has 1 heterocycles. The smallest absolute Gasteiger partial charge is 0.320 e. The third-order valence-electron chi connectivity index (χ3n) is 3.87. The number of nitrogens with zero attached hydrogens (tertiary/aromatic N) is 1. The molecule has 0 radical (unpaired) electrons. The Labute approximate surface area is 127 Å². The summed E-state index contributed by atoms with van der Waals surface area (Å²) in [6.45, 7) is 6.27. The first-order valence-corrected chi connectivity index (χ1v) is 7.93. The van der Waals surface area contributed by atoms with E-state index in [-0.39, 0.29) is 12.8 Å². The second-order valence-corrected chi connectivity index (χ2v) is 5.86. The molecule has 1 saturated heterocycles. The van der Waals surface area contributed by atoms with Gasteiger partial charge in [0.2, 0.25) is 0 Å². The van der Waals surface area contributed by atoms with Crippen molar-refractivity contribution in [1.82, 2.24) is 10.2 Å². The largest absolute Gasteiger partial charge is 0.473 e. The highest BCUT2D eigenvalue weighted by Crippen LogP contribution is 2.15. The fraction of sp³-hybridized carbons (Fsp3) is 0.588. The first-order chi connectivity index (χ1) is 10.2. The van der Waals surface area contributed by atoms with E-state index in [9.17, 15) is 4.79 Å². The molecule has 0 aromatic heterocycles. The van der Waals surface area contributed by atoms with Crippen molar-refractivity contribution in [3.63, 3.8) is 0 Å². The molecule has 0 saturated carbocycles. The molecular weight excluding hydrogens is 264 g/mol. The van der Waals surface area contributed by atoms with Crippen LogP contribution in [0.5, 0.6) is 5.75 Å². The molecule has 0 spiro atoms. The average Bonchev–Trinajstić information content (AvgIpc) is 2.49. The Balaban J connectivity index is 1.72. The Morgan fingerprint density at radius 2 is 2.14 bits per heavy atom. The Kier molecular flexibility index (Phi) is 5.90. The molecule has 0 bridgehead atoms. The molecule has 4 heteroatoms. The third kappa shape index (κ3) is 4.96. The minimum Gasteiger partial charge on any atom is -0.473 e. The number of rotatable bonds is 5. The van der Waals surface area contributed by atoms with Crippen molar-refractivity contribution in [2.24, 2.45) is 5.92 Å². The SMILES string of the molecule is CCCc1ccc(OCNC(=O)N2CCCC(C)C2)cc1. The van der Waals surface area contributed by atoms with E-state index in [0.717, 1.165) is 38.1 Å². The fourth-order valence-electron chi connectivity index (χ4n) is 2.71. The van der Waals surface area contributed by atoms with E-state index in [1.165, 1.54) is 12.0 Å². The maximum atomic E-state index is 12.0. The van der Waals surface area contributed by atoms with Crippen LogP contribution in [0, 0.1) is 5.92 Å². The van der Waals surface area contributed by atoms with Gasteiger partial charge in [-0.05, 0) is 42.9 Å². The van der Waals surface area contributed by atoms with Crippen LogP contribution in [0.15, 0.2) is 24.3 Å². The van der Waals surface area contributed by atoms with E-state index in [1.807, 2.05) is 17.0 Å². The van der Waals surface area contributed by atoms with Crippen molar-refractivity contribution in [2.45, 2.75) is 39.5 Å². The number of piperidine rings is 1. The molecule has 1 aromatic carbocycles. The fourth-order valence-corrected chi connectivity index (χ4v) is 2.71. The Morgan fingerprint density at radius 1 is 1.38 bits per heavy atom. The van der Waals surface area contributed by atoms with Crippen molar-refractivity contribution in [3.05, 3.63) is 29.8 Å². The highest BCUT2D eigenvalue weighted by atomic mass is 16.5. The lowest BCUT2D eigenvalue weighted by molar-refractivity contribution is 0.160. The number of hydrogen-bond donors (Lipinski definition) is 1. The minimum atomic E-state index is -0.0239. The summed E-state index contributed by atoms with van der Waals surface area (Å²) >= 11 is 0. The van der Waals surface area contributed by atoms with Crippen molar-refractivity contribution >= 4 is 6.03 Å². The first-order valence-electron chi connectivity index (χ1n) is 7.93. The Bertz CT molecular complexity index is 445. The summed E-state index contributed by atoms with van der Waals surface area (Å²) in [5, 5.41) is 2.83. The third-order valence-corrected chi connectivity index (χ3v) is 3.87. The zero-order valence-electron chi connectivity index (χ0n) is 13.1. The number of amides is 2. The summed E-state index contributed by atoms with van der Waals surface area (Å²) in [4.78, 5) is 13.9. The van der Waals surface area contributed by atoms with E-state index in [2.05, 4.69) is 31.3 Å². The molecule has 0 aliphatic carbocycles. The zero-order valence-corrected chi connectivity index (χ0v) is 13.1. The summed E-state index contributed by atoms with van der Waals surface area (Å²) in [5.74, 6) is 1.39. The van der Waals surface area contributed by atoms with Gasteiger partial charge in [-0.25, -0.2) is 4.79 Å². The van der Waals surface area contributed by atoms with Crippen LogP contribution in [-0.2, 0) is 6.42 Å². The van der Waals surface area contributed by atoms with E-state index in [0.29, 0.717) is 5.92 Å². The molecule has 1 aliphatic rings. The van der Waals surface area contributed by atoms with Gasteiger partial charge < -0.3 is 15.0 Å². The van der Waals surface area contributed by atoms with Gasteiger partial charge in [0.15, 0.2) is 6.73 Å². The quantitative estimate of drug-likeness (QED) is 0.844. The molecule has 2 amide bonds. The minimum absolute atomic E-state index is 0.0239. The molecule has 4 nitrogen and oxygen atoms in total. The van der Waals surface area contributed by atoms with Gasteiger partial charge in [0, 0.05) is 13.1 Å². The summed E-state index contributed by atoms with van der Waals surface area (Å²) in [6, 6.07) is 8.05. The van der Waals surface area contributed by atoms with E-state index < -0.39 is 0 Å². The highest BCUT2D eigenvalue weighted by molar-refractivity contribution is 5.74. The topological polar surface area (TPSA) is 41.6 Å². The monoisotopic (exact) mass is 290 g/mol. The summed E-state index contributed by atoms with van der Waals surface area (Å²) in [7, 11) is 0. The van der Waals surface area contributed by atoms with Gasteiger partial charge in [-0.2, -0.15) is 0 Å². The Morgan fingerprint density at radius 3 is 2.81 bits per heavy atom. The highest BCUT2D eigenvalue weighted by Gasteiger charge is 2.20. The van der Waals surface area contributed by atoms with Crippen LogP contribution in [0.1, 0.15) is 38.7 Å². The molecule has 21 heavy (non-hydrogen) atoms. The normalized spacial score (nSPS) is 18.4. The van der Waals surface area contributed by atoms with Crippen LogP contribution >= 0.6 is 0 Å². The van der Waals surface area contributed by atoms with Crippen molar-refractivity contribution in [2.75, 3.05) is 19.8 Å². The number of carbonyl (C=O) groups is 1. The van der Waals surface area contributed by atoms with Crippen LogP contribution in [0.25, 0.3) is 0 Å². The van der Waals surface area contributed by atoms with Gasteiger partial charge >= 0.3 is 6.03 Å². The number of ether oxygens (including phenoxy) is 1. The predicted octanol–water partition coefficient (Wildman–Crippen LogP) is 3.42. The van der Waals surface area contributed by atoms with E-state index >= 15 is 0 Å². The summed E-state index contributed by atoms with van der Waals surface area (Å²) < 4.78 is 5.57. The number of nitrogens with one attached hydrogen (secondary N) is 1. The number of aryl methyl sites for hydroxylation is 1. The van der Waals surface area contributed by atoms with Crippen LogP contribution < -0.4 is 10.1 Å². The maximum Gasteiger partial charge on any atom is 0.320 e. The molecular formula is C17H26N2O2. The number of benzene rings is 1. The number of urea groups is 1. The van der Waals surface area contributed by atoms with Gasteiger partial charge in [-0.15, -0.1) is 0 Å². The summed E-state index contributed by atoms with van der Waals surface area (Å²) in [6.07, 6.45) is 4.54. The number of carbonyl (C=O) groups excluding carboxylic acids is 1. The van der Waals surface area contributed by atoms with Crippen molar-refractivity contribution in [1.29, 1.82) is 0 Å². The number of likely N-dealkylation sites (tertiary alicyclic amines) is 1. The molecule has 1 fully saturated rings. The molecule has 1 aliphatic heterocycles. The van der Waals surface area contributed by atoms with Gasteiger partial charge in [0.05, 0.1) is 0 Å². The molecule has 116 valence electrons.